The number of aromatic hydroxyl groups is 1. The van der Waals surface area contributed by atoms with Gasteiger partial charge in [-0.3, -0.25) is 19.2 Å². The van der Waals surface area contributed by atoms with Gasteiger partial charge in [0.25, 0.3) is 5.91 Å². The average Bonchev–Trinajstić information content (AvgIpc) is 3.20. The normalized spacial score (nSPS) is 19.6. The number of phenolic OH excluding ortho intramolecular Hbond substituents is 1. The summed E-state index contributed by atoms with van der Waals surface area (Å²) >= 11 is 0. The first-order valence-electron chi connectivity index (χ1n) is 11.8. The lowest BCUT2D eigenvalue weighted by Gasteiger charge is -2.30. The van der Waals surface area contributed by atoms with Crippen LogP contribution in [0.2, 0.25) is 0 Å². The van der Waals surface area contributed by atoms with Crippen LogP contribution < -0.4 is 14.8 Å². The molecular formula is C29H22N2O7. The number of methoxy groups -OCH3 is 1. The third-order valence-corrected chi connectivity index (χ3v) is 7.17. The largest absolute Gasteiger partial charge is 0.507 e. The van der Waals surface area contributed by atoms with Gasteiger partial charge in [0, 0.05) is 18.7 Å². The topological polar surface area (TPSA) is 143 Å². The van der Waals surface area contributed by atoms with Crippen LogP contribution in [0.5, 0.6) is 17.2 Å². The highest BCUT2D eigenvalue weighted by molar-refractivity contribution is 6.27. The van der Waals surface area contributed by atoms with E-state index in [1.807, 2.05) is 24.3 Å². The number of rotatable bonds is 5. The van der Waals surface area contributed by atoms with Crippen molar-refractivity contribution in [2.45, 2.75) is 25.8 Å². The highest BCUT2D eigenvalue weighted by atomic mass is 16.5. The third-order valence-electron chi connectivity index (χ3n) is 7.17. The number of fused-ring (bicyclic) bond motifs is 4. The fourth-order valence-corrected chi connectivity index (χ4v) is 5.23. The van der Waals surface area contributed by atoms with Crippen molar-refractivity contribution in [3.63, 3.8) is 0 Å². The van der Waals surface area contributed by atoms with E-state index in [9.17, 15) is 29.5 Å². The molecular weight excluding hydrogens is 488 g/mol. The van der Waals surface area contributed by atoms with Gasteiger partial charge in [-0.05, 0) is 36.2 Å². The van der Waals surface area contributed by atoms with Gasteiger partial charge >= 0.3 is 0 Å². The minimum absolute atomic E-state index is 0.00632. The van der Waals surface area contributed by atoms with Crippen molar-refractivity contribution in [2.24, 2.45) is 5.92 Å². The lowest BCUT2D eigenvalue weighted by molar-refractivity contribution is -0.140. The Morgan fingerprint density at radius 1 is 1.18 bits per heavy atom. The molecule has 1 aliphatic carbocycles. The molecule has 0 fully saturated rings. The molecule has 0 bridgehead atoms. The zero-order valence-corrected chi connectivity index (χ0v) is 20.7. The molecule has 190 valence electrons. The Balaban J connectivity index is 1.57. The van der Waals surface area contributed by atoms with Gasteiger partial charge in [0.1, 0.15) is 39.9 Å². The number of ether oxygens (including phenoxy) is 2. The van der Waals surface area contributed by atoms with E-state index in [1.165, 1.54) is 20.1 Å². The van der Waals surface area contributed by atoms with Gasteiger partial charge in [0.15, 0.2) is 17.3 Å². The summed E-state index contributed by atoms with van der Waals surface area (Å²) < 4.78 is 11.2. The fourth-order valence-electron chi connectivity index (χ4n) is 5.23. The second kappa shape index (κ2) is 8.85. The van der Waals surface area contributed by atoms with Crippen molar-refractivity contribution in [1.29, 1.82) is 5.26 Å². The number of phenols is 1. The van der Waals surface area contributed by atoms with E-state index < -0.39 is 34.6 Å². The van der Waals surface area contributed by atoms with Crippen LogP contribution in [-0.4, -0.2) is 35.5 Å². The number of nitrogens with zero attached hydrogens (tertiary/aromatic N) is 1. The van der Waals surface area contributed by atoms with Crippen LogP contribution in [0, 0.1) is 17.2 Å². The zero-order valence-electron chi connectivity index (χ0n) is 20.7. The molecule has 2 aliphatic rings. The first-order chi connectivity index (χ1) is 18.1. The molecule has 0 saturated carbocycles. The summed E-state index contributed by atoms with van der Waals surface area (Å²) in [4.78, 5) is 51.6. The molecule has 1 heterocycles. The number of allylic oxidation sites excluding steroid dienone is 2. The lowest BCUT2D eigenvalue weighted by atomic mass is 9.67. The van der Waals surface area contributed by atoms with E-state index in [4.69, 9.17) is 9.47 Å². The van der Waals surface area contributed by atoms with Crippen LogP contribution in [0.3, 0.4) is 0 Å². The molecule has 0 aromatic heterocycles. The lowest BCUT2D eigenvalue weighted by Crippen LogP contribution is -2.47. The summed E-state index contributed by atoms with van der Waals surface area (Å²) in [6.07, 6.45) is 1.07. The van der Waals surface area contributed by atoms with Crippen LogP contribution in [0.25, 0.3) is 10.8 Å². The fraction of sp³-hybridized carbons (Fsp3) is 0.207. The molecule has 0 radical (unpaired) electrons. The minimum atomic E-state index is -1.64. The van der Waals surface area contributed by atoms with E-state index in [0.717, 1.165) is 29.3 Å². The third kappa shape index (κ3) is 3.45. The van der Waals surface area contributed by atoms with Crippen molar-refractivity contribution >= 4 is 34.0 Å². The Morgan fingerprint density at radius 2 is 1.89 bits per heavy atom. The monoisotopic (exact) mass is 510 g/mol. The summed E-state index contributed by atoms with van der Waals surface area (Å²) in [5, 5.41) is 24.7. The quantitative estimate of drug-likeness (QED) is 0.498. The van der Waals surface area contributed by atoms with E-state index in [1.54, 1.807) is 12.1 Å². The number of amides is 1. The Labute approximate surface area is 217 Å². The maximum absolute atomic E-state index is 13.5. The summed E-state index contributed by atoms with van der Waals surface area (Å²) in [5.41, 5.74) is -0.462. The van der Waals surface area contributed by atoms with Gasteiger partial charge in [-0.2, -0.15) is 5.26 Å². The molecule has 38 heavy (non-hydrogen) atoms. The first kappa shape index (κ1) is 24.7. The molecule has 0 spiro atoms. The van der Waals surface area contributed by atoms with Crippen molar-refractivity contribution in [3.05, 3.63) is 76.6 Å². The summed E-state index contributed by atoms with van der Waals surface area (Å²) in [6.45, 7) is 2.69. The number of carbonyl (C=O) groups excluding carboxylic acids is 4. The van der Waals surface area contributed by atoms with Crippen molar-refractivity contribution in [1.82, 2.24) is 5.32 Å². The molecule has 2 N–H and O–H groups in total. The van der Waals surface area contributed by atoms with Gasteiger partial charge in [-0.1, -0.05) is 30.3 Å². The van der Waals surface area contributed by atoms with Crippen LogP contribution in [0.15, 0.2) is 54.3 Å². The van der Waals surface area contributed by atoms with Gasteiger partial charge in [0.2, 0.25) is 0 Å². The molecule has 3 aromatic carbocycles. The minimum Gasteiger partial charge on any atom is -0.507 e. The summed E-state index contributed by atoms with van der Waals surface area (Å²) in [6, 6.07) is 14.1. The summed E-state index contributed by atoms with van der Waals surface area (Å²) in [7, 11) is 1.31. The highest BCUT2D eigenvalue weighted by Gasteiger charge is 2.58. The molecule has 5 rings (SSSR count). The zero-order chi connectivity index (χ0) is 27.4. The molecule has 3 aromatic rings. The van der Waals surface area contributed by atoms with E-state index >= 15 is 0 Å². The summed E-state index contributed by atoms with van der Waals surface area (Å²) in [5.74, 6) is -4.78. The number of nitriles is 1. The second-order valence-electron chi connectivity index (χ2n) is 9.34. The van der Waals surface area contributed by atoms with Crippen LogP contribution in [-0.2, 0) is 26.3 Å². The van der Waals surface area contributed by atoms with Crippen LogP contribution in [0.4, 0.5) is 0 Å². The molecule has 9 heteroatoms. The number of carbonyl (C=O) groups is 4. The Kier molecular flexibility index (Phi) is 5.76. The number of benzene rings is 3. The van der Waals surface area contributed by atoms with Crippen LogP contribution >= 0.6 is 0 Å². The van der Waals surface area contributed by atoms with Gasteiger partial charge in [-0.25, -0.2) is 0 Å². The molecule has 1 unspecified atom stereocenters. The number of ketones is 3. The number of Topliss-reactive ketones (excluding diaryl/α,β-unsaturated/α-hetero) is 2. The highest BCUT2D eigenvalue weighted by Crippen LogP contribution is 2.56. The average molecular weight is 511 g/mol. The Hall–Kier alpha value is -4.97. The van der Waals surface area contributed by atoms with Gasteiger partial charge in [-0.15, -0.1) is 0 Å². The predicted octanol–water partition coefficient (Wildman–Crippen LogP) is 3.25. The van der Waals surface area contributed by atoms with Gasteiger partial charge < -0.3 is 19.9 Å². The molecule has 1 aliphatic heterocycles. The van der Waals surface area contributed by atoms with E-state index in [-0.39, 0.29) is 40.7 Å². The predicted molar refractivity (Wildman–Crippen MR) is 135 cm³/mol. The SMILES string of the molecule is COc1cc(O)c2c(c1C(=O)NCc1ccc(C#N)c3ccccc13)OC1=CC(=O)C(C(C)=O)C(=O)[C@]12C. The van der Waals surface area contributed by atoms with Crippen molar-refractivity contribution in [3.8, 4) is 23.3 Å². The molecule has 1 amide bonds. The Bertz CT molecular complexity index is 1660. The van der Waals surface area contributed by atoms with E-state index in [0.29, 0.717) is 5.56 Å². The van der Waals surface area contributed by atoms with Gasteiger partial charge in [0.05, 0.1) is 24.3 Å². The maximum atomic E-state index is 13.5. The smallest absolute Gasteiger partial charge is 0.259 e. The maximum Gasteiger partial charge on any atom is 0.259 e. The standard InChI is InChI=1S/C29H22N2O7/c1-14(32)23-19(33)11-22-29(2,27(23)35)25-20(34)10-21(37-3)24(26(25)38-22)28(36)31-13-16-9-8-15(12-30)17-6-4-5-7-18(16)17/h4-11,23,34H,13H2,1-3H3,(H,31,36)/t23?,29-/m1/s1. The first-order valence-corrected chi connectivity index (χ1v) is 11.8. The molecule has 0 saturated heterocycles. The van der Waals surface area contributed by atoms with E-state index in [2.05, 4.69) is 11.4 Å². The second-order valence-corrected chi connectivity index (χ2v) is 9.34. The number of nitrogens with one attached hydrogen (secondary N) is 1. The van der Waals surface area contributed by atoms with Crippen molar-refractivity contribution < 1.29 is 33.8 Å². The number of hydrogen-bond donors (Lipinski definition) is 2. The molecule has 2 atom stereocenters. The molecule has 9 nitrogen and oxygen atoms in total. The Morgan fingerprint density at radius 3 is 2.55 bits per heavy atom. The van der Waals surface area contributed by atoms with Crippen molar-refractivity contribution in [2.75, 3.05) is 7.11 Å². The van der Waals surface area contributed by atoms with Crippen LogP contribution in [0.1, 0.15) is 40.9 Å². The number of hydrogen-bond acceptors (Lipinski definition) is 8.